The minimum Gasteiger partial charge on any atom is -0.382 e. The molecule has 0 radical (unpaired) electrons. The van der Waals surface area contributed by atoms with E-state index in [1.807, 2.05) is 0 Å². The van der Waals surface area contributed by atoms with Crippen molar-refractivity contribution >= 4 is 23.4 Å². The van der Waals surface area contributed by atoms with Crippen LogP contribution in [0.1, 0.15) is 16.8 Å². The van der Waals surface area contributed by atoms with Crippen molar-refractivity contribution in [2.45, 2.75) is 12.0 Å². The molecular weight excluding hydrogens is 327 g/mol. The smallest absolute Gasteiger partial charge is 0.257 e. The Morgan fingerprint density at radius 3 is 2.91 bits per heavy atom. The van der Waals surface area contributed by atoms with E-state index in [0.29, 0.717) is 0 Å². The van der Waals surface area contributed by atoms with E-state index in [4.69, 9.17) is 26.8 Å². The molecule has 1 heterocycles. The summed E-state index contributed by atoms with van der Waals surface area (Å²) in [6.45, 7) is 0.645. The van der Waals surface area contributed by atoms with Crippen LogP contribution in [-0.4, -0.2) is 55.7 Å². The summed E-state index contributed by atoms with van der Waals surface area (Å²) in [5, 5.41) is -0.121. The van der Waals surface area contributed by atoms with Crippen LogP contribution in [0.4, 0.5) is 4.39 Å². The monoisotopic (exact) mass is 344 g/mol. The number of hydrogen-bond acceptors (Lipinski definition) is 4. The van der Waals surface area contributed by atoms with Crippen LogP contribution in [0.3, 0.4) is 0 Å². The molecule has 1 fully saturated rings. The van der Waals surface area contributed by atoms with Crippen LogP contribution in [0.5, 0.6) is 0 Å². The number of nitrogens with two attached hydrogens (primary N) is 1. The molecule has 2 N–H and O–H groups in total. The molecule has 1 atom stereocenters. The first-order chi connectivity index (χ1) is 10.9. The Morgan fingerprint density at radius 1 is 1.52 bits per heavy atom. The van der Waals surface area contributed by atoms with Gasteiger partial charge in [0.25, 0.3) is 5.91 Å². The average Bonchev–Trinajstić information content (AvgIpc) is 2.49. The number of carbonyl (C=O) groups excluding carboxylic acids is 2. The van der Waals surface area contributed by atoms with Crippen LogP contribution >= 0.6 is 11.6 Å². The zero-order chi connectivity index (χ0) is 17.0. The van der Waals surface area contributed by atoms with Gasteiger partial charge in [-0.1, -0.05) is 17.7 Å². The van der Waals surface area contributed by atoms with Gasteiger partial charge < -0.3 is 20.1 Å². The third kappa shape index (κ3) is 3.99. The maximum Gasteiger partial charge on any atom is 0.257 e. The van der Waals surface area contributed by atoms with Gasteiger partial charge in [-0.3, -0.25) is 9.59 Å². The molecule has 2 rings (SSSR count). The van der Waals surface area contributed by atoms with Gasteiger partial charge in [-0.2, -0.15) is 0 Å². The normalized spacial score (nSPS) is 21.3. The Morgan fingerprint density at radius 2 is 2.26 bits per heavy atom. The largest absolute Gasteiger partial charge is 0.382 e. The molecule has 0 aliphatic carbocycles. The van der Waals surface area contributed by atoms with Crippen LogP contribution in [0, 0.1) is 5.82 Å². The molecule has 1 unspecified atom stereocenters. The minimum absolute atomic E-state index is 0.0779. The Bertz CT molecular complexity index is 609. The Labute approximate surface area is 138 Å². The molecule has 23 heavy (non-hydrogen) atoms. The fourth-order valence-corrected chi connectivity index (χ4v) is 2.86. The van der Waals surface area contributed by atoms with Gasteiger partial charge in [0, 0.05) is 13.7 Å². The van der Waals surface area contributed by atoms with Crippen LogP contribution in [0.25, 0.3) is 0 Å². The van der Waals surface area contributed by atoms with Gasteiger partial charge in [0.1, 0.15) is 5.60 Å². The van der Waals surface area contributed by atoms with Gasteiger partial charge in [-0.15, -0.1) is 0 Å². The van der Waals surface area contributed by atoms with Crippen molar-refractivity contribution in [2.75, 3.05) is 33.4 Å². The number of hydrogen-bond donors (Lipinski definition) is 1. The summed E-state index contributed by atoms with van der Waals surface area (Å²) in [4.78, 5) is 25.3. The fraction of sp³-hybridized carbons (Fsp3) is 0.467. The van der Waals surface area contributed by atoms with Gasteiger partial charge >= 0.3 is 0 Å². The van der Waals surface area contributed by atoms with E-state index in [1.165, 1.54) is 30.2 Å². The maximum absolute atomic E-state index is 14.0. The molecule has 1 aliphatic rings. The van der Waals surface area contributed by atoms with Gasteiger partial charge in [0.2, 0.25) is 5.91 Å². The van der Waals surface area contributed by atoms with E-state index in [9.17, 15) is 14.0 Å². The molecule has 1 aliphatic heterocycles. The number of nitrogens with zero attached hydrogens (tertiary/aromatic N) is 1. The van der Waals surface area contributed by atoms with Crippen molar-refractivity contribution < 1.29 is 23.5 Å². The summed E-state index contributed by atoms with van der Waals surface area (Å²) in [6.07, 6.45) is -0.0946. The second-order valence-electron chi connectivity index (χ2n) is 5.44. The third-order valence-corrected chi connectivity index (χ3v) is 3.91. The number of halogens is 2. The molecule has 1 saturated heterocycles. The molecule has 0 spiro atoms. The minimum atomic E-state index is -1.02. The number of carbonyl (C=O) groups is 2. The molecule has 1 aromatic rings. The Hall–Kier alpha value is -1.70. The van der Waals surface area contributed by atoms with E-state index in [-0.39, 0.29) is 43.3 Å². The number of methoxy groups -OCH3 is 1. The number of amides is 2. The van der Waals surface area contributed by atoms with E-state index < -0.39 is 23.2 Å². The summed E-state index contributed by atoms with van der Waals surface area (Å²) in [5.41, 5.74) is 4.12. The highest BCUT2D eigenvalue weighted by atomic mass is 35.5. The molecule has 0 aromatic heterocycles. The lowest BCUT2D eigenvalue weighted by Crippen LogP contribution is -2.57. The molecule has 2 amide bonds. The van der Waals surface area contributed by atoms with Crippen molar-refractivity contribution in [3.8, 4) is 0 Å². The van der Waals surface area contributed by atoms with Crippen LogP contribution in [-0.2, 0) is 14.3 Å². The summed E-state index contributed by atoms with van der Waals surface area (Å²) < 4.78 is 24.8. The first-order valence-corrected chi connectivity index (χ1v) is 7.41. The number of rotatable bonds is 5. The van der Waals surface area contributed by atoms with E-state index >= 15 is 0 Å². The predicted molar refractivity (Wildman–Crippen MR) is 81.7 cm³/mol. The van der Waals surface area contributed by atoms with E-state index in [0.717, 1.165) is 0 Å². The molecule has 0 bridgehead atoms. The summed E-state index contributed by atoms with van der Waals surface area (Å²) >= 11 is 5.72. The first kappa shape index (κ1) is 17.7. The van der Waals surface area contributed by atoms with E-state index in [2.05, 4.69) is 0 Å². The highest BCUT2D eigenvalue weighted by molar-refractivity contribution is 6.31. The molecular formula is C15H18ClFN2O4. The average molecular weight is 345 g/mol. The zero-order valence-electron chi connectivity index (χ0n) is 12.7. The predicted octanol–water partition coefficient (Wildman–Crippen LogP) is 1.21. The van der Waals surface area contributed by atoms with Crippen molar-refractivity contribution in [3.63, 3.8) is 0 Å². The van der Waals surface area contributed by atoms with Gasteiger partial charge in [-0.05, 0) is 12.1 Å². The molecule has 126 valence electrons. The van der Waals surface area contributed by atoms with Crippen LogP contribution < -0.4 is 5.73 Å². The van der Waals surface area contributed by atoms with Gasteiger partial charge in [0.05, 0.1) is 36.8 Å². The maximum atomic E-state index is 14.0. The first-order valence-electron chi connectivity index (χ1n) is 7.03. The Kier molecular flexibility index (Phi) is 5.56. The summed E-state index contributed by atoms with van der Waals surface area (Å²) in [5.74, 6) is -1.85. The van der Waals surface area contributed by atoms with Crippen molar-refractivity contribution in [1.29, 1.82) is 0 Å². The van der Waals surface area contributed by atoms with Crippen molar-refractivity contribution in [2.24, 2.45) is 5.73 Å². The summed E-state index contributed by atoms with van der Waals surface area (Å²) in [7, 11) is 1.46. The second-order valence-corrected chi connectivity index (χ2v) is 5.84. The highest BCUT2D eigenvalue weighted by Crippen LogP contribution is 2.25. The number of morpholine rings is 1. The van der Waals surface area contributed by atoms with Gasteiger partial charge in [-0.25, -0.2) is 4.39 Å². The lowest BCUT2D eigenvalue weighted by atomic mass is 9.97. The quantitative estimate of drug-likeness (QED) is 0.870. The van der Waals surface area contributed by atoms with Gasteiger partial charge in [0.15, 0.2) is 5.82 Å². The zero-order valence-corrected chi connectivity index (χ0v) is 13.4. The van der Waals surface area contributed by atoms with Crippen molar-refractivity contribution in [3.05, 3.63) is 34.6 Å². The second kappa shape index (κ2) is 7.25. The summed E-state index contributed by atoms with van der Waals surface area (Å²) in [6, 6.07) is 4.24. The topological polar surface area (TPSA) is 81.9 Å². The molecule has 6 nitrogen and oxygen atoms in total. The lowest BCUT2D eigenvalue weighted by Gasteiger charge is -2.41. The standard InChI is InChI=1S/C15H18ClFN2O4/c1-22-9-15(7-12(18)20)8-19(5-6-23-15)14(21)10-3-2-4-11(16)13(10)17/h2-4H,5-9H2,1H3,(H2,18,20). The third-order valence-electron chi connectivity index (χ3n) is 3.62. The van der Waals surface area contributed by atoms with Crippen molar-refractivity contribution in [1.82, 2.24) is 4.90 Å². The van der Waals surface area contributed by atoms with Crippen LogP contribution in [0.2, 0.25) is 5.02 Å². The molecule has 8 heteroatoms. The Balaban J connectivity index is 2.23. The highest BCUT2D eigenvalue weighted by Gasteiger charge is 2.40. The lowest BCUT2D eigenvalue weighted by molar-refractivity contribution is -0.148. The number of primary amides is 1. The number of ether oxygens (including phenoxy) is 2. The molecule has 0 saturated carbocycles. The van der Waals surface area contributed by atoms with E-state index in [1.54, 1.807) is 0 Å². The SMILES string of the molecule is COCC1(CC(N)=O)CN(C(=O)c2cccc(Cl)c2F)CCO1. The fourth-order valence-electron chi connectivity index (χ4n) is 2.68. The molecule has 1 aromatic carbocycles. The van der Waals surface area contributed by atoms with Crippen LogP contribution in [0.15, 0.2) is 18.2 Å². The number of benzene rings is 1.